The zero-order valence-electron chi connectivity index (χ0n) is 8.23. The molecule has 0 unspecified atom stereocenters. The molecule has 7 nitrogen and oxygen atoms in total. The van der Waals surface area contributed by atoms with Gasteiger partial charge < -0.3 is 0 Å². The SMILES string of the molecule is O=c1c2cc([N+](=O)[O-])ccc2sc2nncn12. The summed E-state index contributed by atoms with van der Waals surface area (Å²) < 4.78 is 1.93. The molecule has 0 bridgehead atoms. The van der Waals surface area contributed by atoms with Crippen molar-refractivity contribution in [2.75, 3.05) is 0 Å². The Morgan fingerprint density at radius 1 is 1.41 bits per heavy atom. The van der Waals surface area contributed by atoms with Gasteiger partial charge in [0.15, 0.2) is 0 Å². The molecular formula is C9H4N4O3S. The fraction of sp³-hybridized carbons (Fsp3) is 0. The molecule has 8 heteroatoms. The summed E-state index contributed by atoms with van der Waals surface area (Å²) in [6, 6.07) is 4.19. The second kappa shape index (κ2) is 3.32. The topological polar surface area (TPSA) is 90.4 Å². The van der Waals surface area contributed by atoms with Crippen LogP contribution in [-0.2, 0) is 0 Å². The van der Waals surface area contributed by atoms with Crippen molar-refractivity contribution >= 4 is 32.1 Å². The van der Waals surface area contributed by atoms with Gasteiger partial charge in [-0.2, -0.15) is 0 Å². The molecule has 1 aromatic carbocycles. The minimum absolute atomic E-state index is 0.103. The first-order valence-corrected chi connectivity index (χ1v) is 5.39. The maximum atomic E-state index is 12.0. The van der Waals surface area contributed by atoms with Crippen LogP contribution >= 0.6 is 11.3 Å². The van der Waals surface area contributed by atoms with Gasteiger partial charge in [-0.15, -0.1) is 10.2 Å². The third kappa shape index (κ3) is 1.38. The quantitative estimate of drug-likeness (QED) is 0.477. The Bertz CT molecular complexity index is 807. The van der Waals surface area contributed by atoms with Gasteiger partial charge in [0.05, 0.1) is 10.3 Å². The average Bonchev–Trinajstić information content (AvgIpc) is 2.77. The van der Waals surface area contributed by atoms with Crippen molar-refractivity contribution in [3.63, 3.8) is 0 Å². The van der Waals surface area contributed by atoms with E-state index >= 15 is 0 Å². The van der Waals surface area contributed by atoms with Crippen LogP contribution in [0.1, 0.15) is 0 Å². The molecule has 0 saturated heterocycles. The van der Waals surface area contributed by atoms with E-state index < -0.39 is 4.92 Å². The van der Waals surface area contributed by atoms with E-state index in [0.29, 0.717) is 15.0 Å². The molecule has 0 radical (unpaired) electrons. The number of rotatable bonds is 1. The lowest BCUT2D eigenvalue weighted by Crippen LogP contribution is -2.10. The Morgan fingerprint density at radius 2 is 2.24 bits per heavy atom. The number of hydrogen-bond donors (Lipinski definition) is 0. The molecule has 0 aliphatic heterocycles. The van der Waals surface area contributed by atoms with Crippen molar-refractivity contribution in [1.82, 2.24) is 14.6 Å². The summed E-state index contributed by atoms with van der Waals surface area (Å²) in [5, 5.41) is 18.4. The average molecular weight is 248 g/mol. The molecule has 0 N–H and O–H groups in total. The van der Waals surface area contributed by atoms with Crippen LogP contribution in [0.3, 0.4) is 0 Å². The second-order valence-corrected chi connectivity index (χ2v) is 4.34. The predicted molar refractivity (Wildman–Crippen MR) is 61.3 cm³/mol. The number of fused-ring (bicyclic) bond motifs is 2. The van der Waals surface area contributed by atoms with Gasteiger partial charge in [-0.25, -0.2) is 4.40 Å². The fourth-order valence-corrected chi connectivity index (χ4v) is 2.45. The maximum absolute atomic E-state index is 12.0. The van der Waals surface area contributed by atoms with E-state index in [1.54, 1.807) is 6.07 Å². The van der Waals surface area contributed by atoms with Crippen LogP contribution in [0.25, 0.3) is 15.0 Å². The smallest absolute Gasteiger partial charge is 0.268 e. The molecule has 0 aliphatic rings. The molecule has 0 spiro atoms. The zero-order valence-corrected chi connectivity index (χ0v) is 9.05. The first kappa shape index (κ1) is 9.85. The molecule has 0 saturated carbocycles. The van der Waals surface area contributed by atoms with E-state index in [-0.39, 0.29) is 11.2 Å². The third-order valence-electron chi connectivity index (χ3n) is 2.34. The molecule has 17 heavy (non-hydrogen) atoms. The van der Waals surface area contributed by atoms with Crippen molar-refractivity contribution in [2.24, 2.45) is 0 Å². The monoisotopic (exact) mass is 248 g/mol. The molecule has 3 aromatic rings. The zero-order chi connectivity index (χ0) is 12.0. The van der Waals surface area contributed by atoms with E-state index in [4.69, 9.17) is 0 Å². The Balaban J connectivity index is 2.50. The number of nitro benzene ring substituents is 1. The molecular weight excluding hydrogens is 244 g/mol. The summed E-state index contributed by atoms with van der Waals surface area (Å²) in [7, 11) is 0. The highest BCUT2D eigenvalue weighted by atomic mass is 32.1. The molecule has 0 amide bonds. The van der Waals surface area contributed by atoms with Crippen LogP contribution in [-0.4, -0.2) is 19.5 Å². The van der Waals surface area contributed by atoms with E-state index in [0.717, 1.165) is 0 Å². The van der Waals surface area contributed by atoms with Crippen LogP contribution < -0.4 is 5.56 Å². The largest absolute Gasteiger partial charge is 0.270 e. The summed E-state index contributed by atoms with van der Waals surface area (Å²) in [6.07, 6.45) is 1.30. The van der Waals surface area contributed by atoms with Gasteiger partial charge in [-0.1, -0.05) is 11.3 Å². The maximum Gasteiger partial charge on any atom is 0.270 e. The molecule has 3 rings (SSSR count). The van der Waals surface area contributed by atoms with E-state index in [1.807, 2.05) is 0 Å². The summed E-state index contributed by atoms with van der Waals surface area (Å²) in [5.74, 6) is 0. The highest BCUT2D eigenvalue weighted by Gasteiger charge is 2.11. The Morgan fingerprint density at radius 3 is 3.00 bits per heavy atom. The van der Waals surface area contributed by atoms with E-state index in [2.05, 4.69) is 10.2 Å². The summed E-state index contributed by atoms with van der Waals surface area (Å²) in [4.78, 5) is 22.6. The lowest BCUT2D eigenvalue weighted by Gasteiger charge is -1.97. The molecule has 0 aliphatic carbocycles. The van der Waals surface area contributed by atoms with Gasteiger partial charge in [0.2, 0.25) is 4.96 Å². The third-order valence-corrected chi connectivity index (χ3v) is 3.38. The Hall–Kier alpha value is -2.35. The van der Waals surface area contributed by atoms with Gasteiger partial charge in [0, 0.05) is 16.8 Å². The highest BCUT2D eigenvalue weighted by molar-refractivity contribution is 7.23. The van der Waals surface area contributed by atoms with Crippen LogP contribution in [0.5, 0.6) is 0 Å². The van der Waals surface area contributed by atoms with Gasteiger partial charge in [0.1, 0.15) is 6.33 Å². The summed E-state index contributed by atoms with van der Waals surface area (Å²) in [6.45, 7) is 0. The predicted octanol–water partition coefficient (Wildman–Crippen LogP) is 1.21. The Labute approximate surface area is 97.1 Å². The second-order valence-electron chi connectivity index (χ2n) is 3.33. The van der Waals surface area contributed by atoms with Gasteiger partial charge in [-0.05, 0) is 6.07 Å². The first-order chi connectivity index (χ1) is 8.16. The van der Waals surface area contributed by atoms with Crippen molar-refractivity contribution in [2.45, 2.75) is 0 Å². The number of hydrogen-bond acceptors (Lipinski definition) is 6. The summed E-state index contributed by atoms with van der Waals surface area (Å²) in [5.41, 5.74) is -0.448. The van der Waals surface area contributed by atoms with Crippen LogP contribution in [0.2, 0.25) is 0 Å². The fourth-order valence-electron chi connectivity index (χ4n) is 1.55. The molecule has 2 heterocycles. The van der Waals surface area contributed by atoms with Gasteiger partial charge in [0.25, 0.3) is 11.2 Å². The van der Waals surface area contributed by atoms with E-state index in [9.17, 15) is 14.9 Å². The number of nitro groups is 1. The van der Waals surface area contributed by atoms with Crippen LogP contribution in [0.4, 0.5) is 5.69 Å². The van der Waals surface area contributed by atoms with Crippen molar-refractivity contribution in [1.29, 1.82) is 0 Å². The number of nitrogens with zero attached hydrogens (tertiary/aromatic N) is 4. The highest BCUT2D eigenvalue weighted by Crippen LogP contribution is 2.22. The molecule has 2 aromatic heterocycles. The number of aromatic nitrogens is 3. The lowest BCUT2D eigenvalue weighted by molar-refractivity contribution is -0.384. The molecule has 84 valence electrons. The number of non-ortho nitro benzene ring substituents is 1. The minimum Gasteiger partial charge on any atom is -0.268 e. The van der Waals surface area contributed by atoms with Crippen LogP contribution in [0, 0.1) is 10.1 Å². The van der Waals surface area contributed by atoms with Gasteiger partial charge >= 0.3 is 0 Å². The van der Waals surface area contributed by atoms with E-state index in [1.165, 1.54) is 34.2 Å². The standard InChI is InChI=1S/C9H4N4O3S/c14-8-6-3-5(13(15)16)1-2-7(6)17-9-11-10-4-12(8)9/h1-4H. The molecule has 0 fully saturated rings. The molecule has 0 atom stereocenters. The number of benzene rings is 1. The van der Waals surface area contributed by atoms with Gasteiger partial charge in [-0.3, -0.25) is 14.9 Å². The summed E-state index contributed by atoms with van der Waals surface area (Å²) >= 11 is 1.26. The minimum atomic E-state index is -0.528. The van der Waals surface area contributed by atoms with Crippen molar-refractivity contribution in [3.05, 3.63) is 45.0 Å². The lowest BCUT2D eigenvalue weighted by atomic mass is 10.2. The van der Waals surface area contributed by atoms with Crippen molar-refractivity contribution in [3.8, 4) is 0 Å². The van der Waals surface area contributed by atoms with Crippen molar-refractivity contribution < 1.29 is 4.92 Å². The Kier molecular flexibility index (Phi) is 1.92. The normalized spacial score (nSPS) is 11.1. The van der Waals surface area contributed by atoms with Crippen LogP contribution in [0.15, 0.2) is 29.3 Å². The first-order valence-electron chi connectivity index (χ1n) is 4.58.